The molecule has 3 nitrogen and oxygen atoms in total. The molecule has 0 aliphatic rings. The highest BCUT2D eigenvalue weighted by molar-refractivity contribution is 9.10. The van der Waals surface area contributed by atoms with E-state index in [1.807, 2.05) is 6.07 Å². The maximum Gasteiger partial charge on any atom is 0.257 e. The van der Waals surface area contributed by atoms with Gasteiger partial charge in [-0.05, 0) is 30.3 Å². The Hall–Kier alpha value is -1.04. The Kier molecular flexibility index (Phi) is 5.07. The van der Waals surface area contributed by atoms with E-state index in [9.17, 15) is 4.79 Å². The summed E-state index contributed by atoms with van der Waals surface area (Å²) in [6.07, 6.45) is 0. The van der Waals surface area contributed by atoms with E-state index in [4.69, 9.17) is 16.3 Å². The first-order chi connectivity index (χ1) is 9.49. The molecule has 0 unspecified atom stereocenters. The van der Waals surface area contributed by atoms with Gasteiger partial charge in [0.2, 0.25) is 0 Å². The molecule has 0 radical (unpaired) electrons. The van der Waals surface area contributed by atoms with Crippen LogP contribution < -0.4 is 10.1 Å². The lowest BCUT2D eigenvalue weighted by Gasteiger charge is -2.09. The fourth-order valence-corrected chi connectivity index (χ4v) is 2.66. The van der Waals surface area contributed by atoms with Crippen molar-refractivity contribution in [3.8, 4) is 5.75 Å². The van der Waals surface area contributed by atoms with Crippen LogP contribution in [0.5, 0.6) is 5.75 Å². The van der Waals surface area contributed by atoms with Crippen molar-refractivity contribution >= 4 is 55.1 Å². The second kappa shape index (κ2) is 6.61. The van der Waals surface area contributed by atoms with Gasteiger partial charge in [0.25, 0.3) is 5.91 Å². The van der Waals surface area contributed by atoms with Crippen molar-refractivity contribution in [3.05, 3.63) is 55.9 Å². The third kappa shape index (κ3) is 3.75. The Morgan fingerprint density at radius 3 is 2.60 bits per heavy atom. The molecule has 2 aromatic rings. The minimum absolute atomic E-state index is 0.281. The van der Waals surface area contributed by atoms with Crippen molar-refractivity contribution in [2.45, 2.75) is 0 Å². The molecular formula is C14H10Br2ClNO2. The number of amides is 1. The summed E-state index contributed by atoms with van der Waals surface area (Å²) in [5.74, 6) is 0.367. The maximum absolute atomic E-state index is 12.2. The molecule has 1 N–H and O–H groups in total. The normalized spacial score (nSPS) is 10.2. The molecule has 104 valence electrons. The summed E-state index contributed by atoms with van der Waals surface area (Å²) >= 11 is 12.7. The van der Waals surface area contributed by atoms with Gasteiger partial charge >= 0.3 is 0 Å². The molecule has 0 heterocycles. The summed E-state index contributed by atoms with van der Waals surface area (Å²) in [5, 5.41) is 3.18. The van der Waals surface area contributed by atoms with Gasteiger partial charge in [-0.3, -0.25) is 4.79 Å². The zero-order chi connectivity index (χ0) is 14.7. The van der Waals surface area contributed by atoms with Gasteiger partial charge in [-0.2, -0.15) is 0 Å². The van der Waals surface area contributed by atoms with Crippen LogP contribution in [0.4, 0.5) is 5.69 Å². The number of benzene rings is 2. The molecule has 0 saturated carbocycles. The fourth-order valence-electron chi connectivity index (χ4n) is 1.62. The van der Waals surface area contributed by atoms with E-state index >= 15 is 0 Å². The van der Waals surface area contributed by atoms with Gasteiger partial charge in [-0.15, -0.1) is 0 Å². The highest BCUT2D eigenvalue weighted by Gasteiger charge is 2.12. The number of ether oxygens (including phenoxy) is 1. The smallest absolute Gasteiger partial charge is 0.257 e. The van der Waals surface area contributed by atoms with Crippen LogP contribution in [-0.2, 0) is 0 Å². The second-order valence-corrected chi connectivity index (χ2v) is 6.20. The van der Waals surface area contributed by atoms with Gasteiger partial charge in [0, 0.05) is 20.7 Å². The lowest BCUT2D eigenvalue weighted by molar-refractivity contribution is 0.102. The number of nitrogens with one attached hydrogen (secondary N) is 1. The molecule has 2 aromatic carbocycles. The average Bonchev–Trinajstić information content (AvgIpc) is 2.40. The molecule has 1 amide bonds. The molecule has 0 aliphatic carbocycles. The molecule has 2 rings (SSSR count). The minimum Gasteiger partial charge on any atom is -0.497 e. The standard InChI is InChI=1S/C14H10Br2ClNO2/c1-20-11-5-9(16)4-10(7-11)18-14(19)12-6-8(15)2-3-13(12)17/h2-7H,1H3,(H,18,19). The Bertz CT molecular complexity index is 662. The van der Waals surface area contributed by atoms with Gasteiger partial charge in [-0.25, -0.2) is 0 Å². The highest BCUT2D eigenvalue weighted by Crippen LogP contribution is 2.26. The third-order valence-electron chi connectivity index (χ3n) is 2.54. The van der Waals surface area contributed by atoms with Crippen molar-refractivity contribution in [1.29, 1.82) is 0 Å². The Morgan fingerprint density at radius 2 is 1.90 bits per heavy atom. The van der Waals surface area contributed by atoms with Gasteiger partial charge in [0.05, 0.1) is 17.7 Å². The number of anilines is 1. The SMILES string of the molecule is COc1cc(Br)cc(NC(=O)c2cc(Br)ccc2Cl)c1. The number of hydrogen-bond donors (Lipinski definition) is 1. The summed E-state index contributed by atoms with van der Waals surface area (Å²) in [5.41, 5.74) is 1.03. The molecule has 0 spiro atoms. The number of rotatable bonds is 3. The third-order valence-corrected chi connectivity index (χ3v) is 3.82. The van der Waals surface area contributed by atoms with E-state index in [1.165, 1.54) is 0 Å². The van der Waals surface area contributed by atoms with E-state index in [2.05, 4.69) is 37.2 Å². The number of carbonyl (C=O) groups excluding carboxylic acids is 1. The quantitative estimate of drug-likeness (QED) is 0.749. The largest absolute Gasteiger partial charge is 0.497 e. The highest BCUT2D eigenvalue weighted by atomic mass is 79.9. The van der Waals surface area contributed by atoms with Crippen LogP contribution in [0.1, 0.15) is 10.4 Å². The first kappa shape index (κ1) is 15.4. The van der Waals surface area contributed by atoms with E-state index in [0.717, 1.165) is 8.95 Å². The van der Waals surface area contributed by atoms with Crippen LogP contribution in [0.3, 0.4) is 0 Å². The molecule has 0 fully saturated rings. The first-order valence-corrected chi connectivity index (χ1v) is 7.57. The van der Waals surface area contributed by atoms with Crippen LogP contribution >= 0.6 is 43.5 Å². The summed E-state index contributed by atoms with van der Waals surface area (Å²) in [6, 6.07) is 10.4. The summed E-state index contributed by atoms with van der Waals surface area (Å²) in [6.45, 7) is 0. The molecule has 0 bridgehead atoms. The predicted octanol–water partition coefficient (Wildman–Crippen LogP) is 5.13. The lowest BCUT2D eigenvalue weighted by Crippen LogP contribution is -2.12. The van der Waals surface area contributed by atoms with Crippen molar-refractivity contribution in [1.82, 2.24) is 0 Å². The Morgan fingerprint density at radius 1 is 1.15 bits per heavy atom. The lowest BCUT2D eigenvalue weighted by atomic mass is 10.2. The second-order valence-electron chi connectivity index (χ2n) is 3.96. The topological polar surface area (TPSA) is 38.3 Å². The Balaban J connectivity index is 2.27. The van der Waals surface area contributed by atoms with Gasteiger partial charge < -0.3 is 10.1 Å². The van der Waals surface area contributed by atoms with E-state index in [0.29, 0.717) is 22.0 Å². The maximum atomic E-state index is 12.2. The van der Waals surface area contributed by atoms with Crippen LogP contribution in [0.15, 0.2) is 45.3 Å². The molecule has 0 aromatic heterocycles. The van der Waals surface area contributed by atoms with Crippen molar-refractivity contribution in [3.63, 3.8) is 0 Å². The van der Waals surface area contributed by atoms with E-state index in [-0.39, 0.29) is 5.91 Å². The summed E-state index contributed by atoms with van der Waals surface area (Å²) in [7, 11) is 1.57. The van der Waals surface area contributed by atoms with Crippen molar-refractivity contribution < 1.29 is 9.53 Å². The fraction of sp³-hybridized carbons (Fsp3) is 0.0714. The van der Waals surface area contributed by atoms with Crippen molar-refractivity contribution in [2.24, 2.45) is 0 Å². The van der Waals surface area contributed by atoms with Gasteiger partial charge in [0.1, 0.15) is 5.75 Å². The Labute approximate surface area is 138 Å². The summed E-state index contributed by atoms with van der Waals surface area (Å²) < 4.78 is 6.75. The summed E-state index contributed by atoms with van der Waals surface area (Å²) in [4.78, 5) is 12.2. The zero-order valence-corrected chi connectivity index (χ0v) is 14.3. The molecule has 0 aliphatic heterocycles. The first-order valence-electron chi connectivity index (χ1n) is 5.60. The predicted molar refractivity (Wildman–Crippen MR) is 87.8 cm³/mol. The van der Waals surface area contributed by atoms with Crippen LogP contribution in [0, 0.1) is 0 Å². The van der Waals surface area contributed by atoms with Crippen LogP contribution in [-0.4, -0.2) is 13.0 Å². The van der Waals surface area contributed by atoms with Crippen molar-refractivity contribution in [2.75, 3.05) is 12.4 Å². The molecular weight excluding hydrogens is 409 g/mol. The molecule has 20 heavy (non-hydrogen) atoms. The monoisotopic (exact) mass is 417 g/mol. The van der Waals surface area contributed by atoms with E-state index < -0.39 is 0 Å². The molecule has 0 atom stereocenters. The minimum atomic E-state index is -0.281. The zero-order valence-electron chi connectivity index (χ0n) is 10.4. The van der Waals surface area contributed by atoms with E-state index in [1.54, 1.807) is 37.4 Å². The van der Waals surface area contributed by atoms with Gasteiger partial charge in [0.15, 0.2) is 0 Å². The number of carbonyl (C=O) groups is 1. The number of halogens is 3. The molecule has 6 heteroatoms. The molecule has 0 saturated heterocycles. The number of hydrogen-bond acceptors (Lipinski definition) is 2. The average molecular weight is 420 g/mol. The van der Waals surface area contributed by atoms with Gasteiger partial charge in [-0.1, -0.05) is 43.5 Å². The van der Waals surface area contributed by atoms with Crippen LogP contribution in [0.25, 0.3) is 0 Å². The van der Waals surface area contributed by atoms with Crippen LogP contribution in [0.2, 0.25) is 5.02 Å². The number of methoxy groups -OCH3 is 1.